The molecule has 15 nitrogen and oxygen atoms in total. The summed E-state index contributed by atoms with van der Waals surface area (Å²) in [4.78, 5) is 68.7. The van der Waals surface area contributed by atoms with Crippen LogP contribution in [-0.4, -0.2) is 105 Å². The zero-order valence-electron chi connectivity index (χ0n) is 35.3. The molecule has 0 bridgehead atoms. The summed E-state index contributed by atoms with van der Waals surface area (Å²) >= 11 is 0. The lowest BCUT2D eigenvalue weighted by atomic mass is 10.0. The molecule has 3 rings (SSSR count). The minimum absolute atomic E-state index is 0.00401. The Balaban J connectivity index is 1.43. The Kier molecular flexibility index (Phi) is 23.2. The molecule has 0 aromatic heterocycles. The number of esters is 1. The molecule has 4 atom stereocenters. The van der Waals surface area contributed by atoms with Gasteiger partial charge in [-0.2, -0.15) is 0 Å². The third-order valence-electron chi connectivity index (χ3n) is 10.6. The first-order valence-electron chi connectivity index (χ1n) is 22.0. The lowest BCUT2D eigenvalue weighted by molar-refractivity contribution is -0.167. The second-order valence-corrected chi connectivity index (χ2v) is 15.8. The van der Waals surface area contributed by atoms with Crippen LogP contribution in [0.3, 0.4) is 0 Å². The van der Waals surface area contributed by atoms with E-state index in [0.717, 1.165) is 19.3 Å². The first-order valence-corrected chi connectivity index (χ1v) is 22.0. The number of phenolic OH excluding ortho intramolecular Hbond substituents is 1. The minimum Gasteiger partial charge on any atom is -0.507 e. The van der Waals surface area contributed by atoms with Gasteiger partial charge in [0.05, 0.1) is 12.0 Å². The summed E-state index contributed by atoms with van der Waals surface area (Å²) in [5, 5.41) is 36.9. The standard InChI is InChI=1S/C44H69N5O10/c1-3-4-5-6-7-8-9-10-11-12-13-14-15-16-17-28-40(52)48(56)29-22-21-26-36(46-41(53)37-32-58-42(47-37)34-24-18-19-27-38(34)50)44(55)59-33(2)31-39(51)45-35-25-20-23-30-49(57)43(35)54/h17-19,24,27-28,33,35-37,50,56-57H,3-16,20-23,25-26,29-32H2,1-2H3,(H,45,51)(H,46,53)/b28-17+/t33-,35-,36-,37-/m0/s1. The molecule has 1 fully saturated rings. The van der Waals surface area contributed by atoms with E-state index in [-0.39, 0.29) is 44.2 Å². The fraction of sp³-hybridized carbons (Fsp3) is 0.682. The predicted molar refractivity (Wildman–Crippen MR) is 223 cm³/mol. The second kappa shape index (κ2) is 28.1. The molecule has 0 saturated carbocycles. The Hall–Kier alpha value is -4.50. The predicted octanol–water partition coefficient (Wildman–Crippen LogP) is 6.66. The average Bonchev–Trinajstić information content (AvgIpc) is 3.65. The zero-order valence-corrected chi connectivity index (χ0v) is 35.3. The smallest absolute Gasteiger partial charge is 0.328 e. The average molecular weight is 828 g/mol. The molecular weight excluding hydrogens is 759 g/mol. The number of amides is 4. The van der Waals surface area contributed by atoms with Crippen molar-refractivity contribution in [3.8, 4) is 5.75 Å². The Morgan fingerprint density at radius 2 is 1.63 bits per heavy atom. The fourth-order valence-corrected chi connectivity index (χ4v) is 7.09. The maximum Gasteiger partial charge on any atom is 0.328 e. The molecule has 2 aliphatic heterocycles. The molecule has 0 unspecified atom stereocenters. The van der Waals surface area contributed by atoms with Crippen molar-refractivity contribution in [2.45, 2.75) is 173 Å². The van der Waals surface area contributed by atoms with Crippen molar-refractivity contribution in [2.24, 2.45) is 4.99 Å². The summed E-state index contributed by atoms with van der Waals surface area (Å²) in [6, 6.07) is 3.34. The van der Waals surface area contributed by atoms with Crippen molar-refractivity contribution < 1.29 is 49.0 Å². The van der Waals surface area contributed by atoms with Gasteiger partial charge in [0.2, 0.25) is 17.7 Å². The summed E-state index contributed by atoms with van der Waals surface area (Å²) in [6.45, 7) is 3.83. The molecule has 1 saturated heterocycles. The van der Waals surface area contributed by atoms with Crippen LogP contribution in [0.4, 0.5) is 0 Å². The van der Waals surface area contributed by atoms with Gasteiger partial charge in [0.1, 0.15) is 30.5 Å². The van der Waals surface area contributed by atoms with Gasteiger partial charge in [-0.3, -0.25) is 29.6 Å². The number of nitrogens with one attached hydrogen (secondary N) is 2. The van der Waals surface area contributed by atoms with Gasteiger partial charge in [0.15, 0.2) is 6.04 Å². The van der Waals surface area contributed by atoms with Crippen molar-refractivity contribution in [1.82, 2.24) is 20.8 Å². The van der Waals surface area contributed by atoms with Gasteiger partial charge in [-0.1, -0.05) is 102 Å². The number of ether oxygens (including phenoxy) is 2. The van der Waals surface area contributed by atoms with Crippen molar-refractivity contribution in [3.05, 3.63) is 42.0 Å². The number of hydrogen-bond donors (Lipinski definition) is 5. The zero-order chi connectivity index (χ0) is 42.8. The highest BCUT2D eigenvalue weighted by Crippen LogP contribution is 2.21. The maximum atomic E-state index is 13.4. The van der Waals surface area contributed by atoms with Crippen LogP contribution in [-0.2, 0) is 33.4 Å². The van der Waals surface area contributed by atoms with E-state index < -0.39 is 53.8 Å². The number of carbonyl (C=O) groups excluding carboxylic acids is 5. The molecule has 1 aromatic rings. The quantitative estimate of drug-likeness (QED) is 0.0200. The summed E-state index contributed by atoms with van der Waals surface area (Å²) in [7, 11) is 0. The van der Waals surface area contributed by atoms with Crippen LogP contribution in [0.1, 0.15) is 154 Å². The Morgan fingerprint density at radius 1 is 0.966 bits per heavy atom. The number of aromatic hydroxyl groups is 1. The molecule has 15 heteroatoms. The monoisotopic (exact) mass is 828 g/mol. The minimum atomic E-state index is -1.16. The highest BCUT2D eigenvalue weighted by atomic mass is 16.5. The van der Waals surface area contributed by atoms with Gasteiger partial charge in [-0.05, 0) is 70.4 Å². The number of aliphatic imine (C=N–C) groups is 1. The topological polar surface area (TPSA) is 207 Å². The summed E-state index contributed by atoms with van der Waals surface area (Å²) < 4.78 is 11.1. The molecule has 1 aromatic carbocycles. The molecule has 2 heterocycles. The van der Waals surface area contributed by atoms with Crippen LogP contribution in [0.2, 0.25) is 0 Å². The fourth-order valence-electron chi connectivity index (χ4n) is 7.09. The molecule has 5 N–H and O–H groups in total. The maximum absolute atomic E-state index is 13.4. The van der Waals surface area contributed by atoms with E-state index in [1.807, 2.05) is 0 Å². The largest absolute Gasteiger partial charge is 0.507 e. The first-order chi connectivity index (χ1) is 28.5. The number of phenols is 1. The number of rotatable bonds is 28. The van der Waals surface area contributed by atoms with Crippen LogP contribution >= 0.6 is 0 Å². The van der Waals surface area contributed by atoms with Gasteiger partial charge in [-0.15, -0.1) is 0 Å². The van der Waals surface area contributed by atoms with E-state index in [1.54, 1.807) is 24.3 Å². The third kappa shape index (κ3) is 19.0. The number of hydroxylamine groups is 4. The molecule has 0 radical (unpaired) electrons. The molecule has 4 amide bonds. The number of benzene rings is 1. The second-order valence-electron chi connectivity index (χ2n) is 15.8. The van der Waals surface area contributed by atoms with Crippen molar-refractivity contribution in [2.75, 3.05) is 19.7 Å². The van der Waals surface area contributed by atoms with E-state index >= 15 is 0 Å². The Bertz CT molecular complexity index is 1520. The molecular formula is C44H69N5O10. The number of nitrogens with zero attached hydrogens (tertiary/aromatic N) is 3. The number of carbonyl (C=O) groups is 5. The van der Waals surface area contributed by atoms with Crippen molar-refractivity contribution >= 4 is 35.5 Å². The van der Waals surface area contributed by atoms with Crippen LogP contribution in [0.25, 0.3) is 0 Å². The highest BCUT2D eigenvalue weighted by Gasteiger charge is 2.33. The summed E-state index contributed by atoms with van der Waals surface area (Å²) in [6.07, 6.45) is 21.5. The Labute approximate surface area is 349 Å². The molecule has 0 aliphatic carbocycles. The summed E-state index contributed by atoms with van der Waals surface area (Å²) in [5.74, 6) is -3.07. The summed E-state index contributed by atoms with van der Waals surface area (Å²) in [5.41, 5.74) is 0.320. The van der Waals surface area contributed by atoms with Gasteiger partial charge in [-0.25, -0.2) is 19.9 Å². The SMILES string of the molecule is CCCCCCCCCCCCCCC/C=C/C(=O)N(O)CCCC[C@H](NC(=O)[C@@H]1COC(c2ccccc2O)=N1)C(=O)O[C@@H](C)CC(=O)N[C@H]1CCCCN(O)C1=O. The van der Waals surface area contributed by atoms with E-state index in [1.165, 1.54) is 89.7 Å². The van der Waals surface area contributed by atoms with E-state index in [0.29, 0.717) is 47.8 Å². The van der Waals surface area contributed by atoms with Gasteiger partial charge >= 0.3 is 5.97 Å². The van der Waals surface area contributed by atoms with E-state index in [9.17, 15) is 39.5 Å². The molecule has 59 heavy (non-hydrogen) atoms. The molecule has 2 aliphatic rings. The normalized spacial score (nSPS) is 17.8. The molecule has 330 valence electrons. The number of allylic oxidation sites excluding steroid dienone is 1. The molecule has 0 spiro atoms. The van der Waals surface area contributed by atoms with Crippen LogP contribution in [0.5, 0.6) is 5.75 Å². The van der Waals surface area contributed by atoms with Gasteiger partial charge in [0.25, 0.3) is 11.8 Å². The number of unbranched alkanes of at least 4 members (excludes halogenated alkanes) is 14. The lowest BCUT2D eigenvalue weighted by Gasteiger charge is -2.23. The van der Waals surface area contributed by atoms with Gasteiger partial charge < -0.3 is 25.2 Å². The number of para-hydroxylation sites is 1. The van der Waals surface area contributed by atoms with Crippen LogP contribution in [0.15, 0.2) is 41.4 Å². The van der Waals surface area contributed by atoms with Gasteiger partial charge in [0, 0.05) is 19.2 Å². The van der Waals surface area contributed by atoms with Crippen molar-refractivity contribution in [1.29, 1.82) is 0 Å². The number of hydrogen-bond acceptors (Lipinski definition) is 11. The van der Waals surface area contributed by atoms with E-state index in [2.05, 4.69) is 22.5 Å². The van der Waals surface area contributed by atoms with Crippen LogP contribution in [0, 0.1) is 0 Å². The van der Waals surface area contributed by atoms with E-state index in [4.69, 9.17) is 9.47 Å². The Morgan fingerprint density at radius 3 is 2.31 bits per heavy atom. The lowest BCUT2D eigenvalue weighted by Crippen LogP contribution is -2.48. The van der Waals surface area contributed by atoms with Crippen molar-refractivity contribution in [3.63, 3.8) is 0 Å². The first kappa shape index (κ1) is 48.9. The third-order valence-corrected chi connectivity index (χ3v) is 10.6. The van der Waals surface area contributed by atoms with Crippen LogP contribution < -0.4 is 10.6 Å². The highest BCUT2D eigenvalue weighted by molar-refractivity contribution is 6.00.